The van der Waals surface area contributed by atoms with Gasteiger partial charge in [0.2, 0.25) is 5.91 Å². The quantitative estimate of drug-likeness (QED) is 0.610. The Bertz CT molecular complexity index is 1130. The lowest BCUT2D eigenvalue weighted by molar-refractivity contribution is -0.134. The van der Waals surface area contributed by atoms with Gasteiger partial charge in [-0.25, -0.2) is 0 Å². The van der Waals surface area contributed by atoms with Crippen molar-refractivity contribution in [2.45, 2.75) is 64.2 Å². The molecule has 0 unspecified atom stereocenters. The second-order valence-corrected chi connectivity index (χ2v) is 9.66. The molecule has 5 rings (SSSR count). The zero-order valence-corrected chi connectivity index (χ0v) is 19.3. The maximum absolute atomic E-state index is 13.9. The summed E-state index contributed by atoms with van der Waals surface area (Å²) in [4.78, 5) is 29.4. The zero-order chi connectivity index (χ0) is 23.0. The van der Waals surface area contributed by atoms with Crippen LogP contribution in [0.25, 0.3) is 11.5 Å². The van der Waals surface area contributed by atoms with Crippen LogP contribution in [0.15, 0.2) is 65.3 Å². The first kappa shape index (κ1) is 21.6. The van der Waals surface area contributed by atoms with Gasteiger partial charge in [0.05, 0.1) is 18.5 Å². The van der Waals surface area contributed by atoms with Gasteiger partial charge in [0, 0.05) is 12.6 Å². The van der Waals surface area contributed by atoms with Gasteiger partial charge in [-0.15, -0.1) is 0 Å². The number of furan rings is 1. The minimum atomic E-state index is -1.03. The second kappa shape index (κ2) is 8.58. The Kier molecular flexibility index (Phi) is 5.60. The fourth-order valence-corrected chi connectivity index (χ4v) is 5.28. The van der Waals surface area contributed by atoms with E-state index in [1.165, 1.54) is 6.42 Å². The van der Waals surface area contributed by atoms with E-state index in [0.29, 0.717) is 30.5 Å². The van der Waals surface area contributed by atoms with Crippen LogP contribution < -0.4 is 5.32 Å². The molecule has 1 aliphatic carbocycles. The number of nitrogens with zero attached hydrogens (tertiary/aromatic N) is 2. The van der Waals surface area contributed by atoms with Crippen molar-refractivity contribution in [2.75, 3.05) is 0 Å². The van der Waals surface area contributed by atoms with Crippen molar-refractivity contribution in [3.63, 3.8) is 0 Å². The average Bonchev–Trinajstić information content (AvgIpc) is 3.49. The van der Waals surface area contributed by atoms with Crippen LogP contribution in [0.3, 0.4) is 0 Å². The summed E-state index contributed by atoms with van der Waals surface area (Å²) in [7, 11) is 0. The van der Waals surface area contributed by atoms with E-state index in [1.807, 2.05) is 66.1 Å². The van der Waals surface area contributed by atoms with E-state index in [9.17, 15) is 9.59 Å². The standard InChI is InChI=1S/C27H31N3O3/c1-19-9-6-7-12-21(19)28-26(32)27(2)18-29-22(24-13-8-16-33-24)14-15-23(29)25(31)30(27)17-20-10-4-3-5-11-20/h3-5,8,10-11,13-16,19,21H,6-7,9,12,17-18H2,1-2H3,(H,28,32)/t19-,21+,27+/m1/s1. The highest BCUT2D eigenvalue weighted by atomic mass is 16.3. The van der Waals surface area contributed by atoms with Gasteiger partial charge in [-0.3, -0.25) is 9.59 Å². The van der Waals surface area contributed by atoms with E-state index in [-0.39, 0.29) is 17.9 Å². The highest BCUT2D eigenvalue weighted by Crippen LogP contribution is 2.35. The summed E-state index contributed by atoms with van der Waals surface area (Å²) in [5.41, 5.74) is 1.36. The molecule has 0 bridgehead atoms. The van der Waals surface area contributed by atoms with Crippen molar-refractivity contribution in [1.82, 2.24) is 14.8 Å². The number of carbonyl (C=O) groups is 2. The van der Waals surface area contributed by atoms with Crippen molar-refractivity contribution in [1.29, 1.82) is 0 Å². The zero-order valence-electron chi connectivity index (χ0n) is 19.3. The average molecular weight is 446 g/mol. The van der Waals surface area contributed by atoms with E-state index in [4.69, 9.17) is 4.42 Å². The Morgan fingerprint density at radius 2 is 1.82 bits per heavy atom. The minimum absolute atomic E-state index is 0.0877. The lowest BCUT2D eigenvalue weighted by Crippen LogP contribution is -2.65. The van der Waals surface area contributed by atoms with Crippen molar-refractivity contribution in [2.24, 2.45) is 5.92 Å². The van der Waals surface area contributed by atoms with Crippen LogP contribution in [0.5, 0.6) is 0 Å². The molecule has 3 heterocycles. The van der Waals surface area contributed by atoms with Crippen molar-refractivity contribution in [3.05, 3.63) is 72.1 Å². The number of hydrogen-bond acceptors (Lipinski definition) is 3. The second-order valence-electron chi connectivity index (χ2n) is 9.66. The van der Waals surface area contributed by atoms with Gasteiger partial charge in [0.25, 0.3) is 5.91 Å². The number of rotatable bonds is 5. The smallest absolute Gasteiger partial charge is 0.271 e. The molecule has 3 atom stereocenters. The Morgan fingerprint density at radius 3 is 2.55 bits per heavy atom. The van der Waals surface area contributed by atoms with Crippen LogP contribution in [0.1, 0.15) is 55.6 Å². The third-order valence-corrected chi connectivity index (χ3v) is 7.38. The number of nitrogens with one attached hydrogen (secondary N) is 1. The first-order valence-electron chi connectivity index (χ1n) is 11.9. The van der Waals surface area contributed by atoms with Crippen LogP contribution in [0.2, 0.25) is 0 Å². The summed E-state index contributed by atoms with van der Waals surface area (Å²) in [6, 6.07) is 17.5. The number of aromatic nitrogens is 1. The number of amides is 2. The molecular formula is C27H31N3O3. The lowest BCUT2D eigenvalue weighted by Gasteiger charge is -2.45. The molecule has 1 aromatic carbocycles. The minimum Gasteiger partial charge on any atom is -0.463 e. The van der Waals surface area contributed by atoms with Crippen LogP contribution in [-0.4, -0.2) is 32.9 Å². The summed E-state index contributed by atoms with van der Waals surface area (Å²) in [6.07, 6.45) is 6.07. The molecule has 0 spiro atoms. The molecule has 6 heteroatoms. The van der Waals surface area contributed by atoms with Gasteiger partial charge in [-0.2, -0.15) is 0 Å². The molecular weight excluding hydrogens is 414 g/mol. The van der Waals surface area contributed by atoms with Crippen LogP contribution >= 0.6 is 0 Å². The molecule has 33 heavy (non-hydrogen) atoms. The predicted octanol–water partition coefficient (Wildman–Crippen LogP) is 4.86. The van der Waals surface area contributed by atoms with Crippen molar-refractivity contribution >= 4 is 11.8 Å². The largest absolute Gasteiger partial charge is 0.463 e. The Hall–Kier alpha value is -3.28. The molecule has 2 amide bonds. The van der Waals surface area contributed by atoms with E-state index in [0.717, 1.165) is 30.5 Å². The molecule has 2 aliphatic rings. The molecule has 6 nitrogen and oxygen atoms in total. The predicted molar refractivity (Wildman–Crippen MR) is 126 cm³/mol. The van der Waals surface area contributed by atoms with Crippen molar-refractivity contribution in [3.8, 4) is 11.5 Å². The summed E-state index contributed by atoms with van der Waals surface area (Å²) in [6.45, 7) is 4.85. The van der Waals surface area contributed by atoms with Gasteiger partial charge in [0.15, 0.2) is 0 Å². The first-order valence-corrected chi connectivity index (χ1v) is 11.9. The summed E-state index contributed by atoms with van der Waals surface area (Å²) >= 11 is 0. The topological polar surface area (TPSA) is 67.5 Å². The molecule has 3 aromatic rings. The number of benzene rings is 1. The number of carbonyl (C=O) groups excluding carboxylic acids is 2. The van der Waals surface area contributed by atoms with Crippen LogP contribution in [-0.2, 0) is 17.9 Å². The summed E-state index contributed by atoms with van der Waals surface area (Å²) < 4.78 is 7.56. The molecule has 1 saturated carbocycles. The Labute approximate surface area is 194 Å². The summed E-state index contributed by atoms with van der Waals surface area (Å²) in [5, 5.41) is 3.32. The fraction of sp³-hybridized carbons (Fsp3) is 0.407. The summed E-state index contributed by atoms with van der Waals surface area (Å²) in [5.74, 6) is 0.899. The van der Waals surface area contributed by atoms with E-state index in [1.54, 1.807) is 11.2 Å². The molecule has 1 fully saturated rings. The maximum Gasteiger partial charge on any atom is 0.271 e. The van der Waals surface area contributed by atoms with Gasteiger partial charge in [0.1, 0.15) is 17.0 Å². The molecule has 172 valence electrons. The maximum atomic E-state index is 13.9. The fourth-order valence-electron chi connectivity index (χ4n) is 5.28. The van der Waals surface area contributed by atoms with E-state index in [2.05, 4.69) is 12.2 Å². The highest BCUT2D eigenvalue weighted by molar-refractivity contribution is 6.00. The molecule has 2 aromatic heterocycles. The highest BCUT2D eigenvalue weighted by Gasteiger charge is 2.48. The lowest BCUT2D eigenvalue weighted by atomic mass is 9.85. The monoisotopic (exact) mass is 445 g/mol. The third kappa shape index (κ3) is 3.88. The van der Waals surface area contributed by atoms with Gasteiger partial charge < -0.3 is 19.2 Å². The number of fused-ring (bicyclic) bond motifs is 1. The van der Waals surface area contributed by atoms with E-state index >= 15 is 0 Å². The van der Waals surface area contributed by atoms with Crippen molar-refractivity contribution < 1.29 is 14.0 Å². The Balaban J connectivity index is 1.53. The van der Waals surface area contributed by atoms with Gasteiger partial charge in [-0.1, -0.05) is 50.1 Å². The molecule has 0 radical (unpaired) electrons. The first-order chi connectivity index (χ1) is 16.0. The molecule has 1 N–H and O–H groups in total. The Morgan fingerprint density at radius 1 is 1.06 bits per heavy atom. The van der Waals surface area contributed by atoms with Gasteiger partial charge >= 0.3 is 0 Å². The molecule has 1 aliphatic heterocycles. The normalized spacial score (nSPS) is 25.0. The third-order valence-electron chi connectivity index (χ3n) is 7.38. The van der Waals surface area contributed by atoms with Gasteiger partial charge in [-0.05, 0) is 55.5 Å². The SMILES string of the molecule is C[C@@H]1CCCC[C@@H]1NC(=O)[C@]1(C)Cn2c(ccc2-c2ccco2)C(=O)N1Cc1ccccc1. The van der Waals surface area contributed by atoms with E-state index < -0.39 is 5.54 Å². The molecule has 0 saturated heterocycles. The number of hydrogen-bond donors (Lipinski definition) is 1. The van der Waals surface area contributed by atoms with Crippen LogP contribution in [0, 0.1) is 5.92 Å². The van der Waals surface area contributed by atoms with Crippen LogP contribution in [0.4, 0.5) is 0 Å².